The summed E-state index contributed by atoms with van der Waals surface area (Å²) in [4.78, 5) is 36.1. The highest BCUT2D eigenvalue weighted by Crippen LogP contribution is 2.26. The molecule has 0 radical (unpaired) electrons. The second kappa shape index (κ2) is 17.0. The number of nitrogens with two attached hydrogens (primary N) is 1. The zero-order valence-corrected chi connectivity index (χ0v) is 24.5. The first-order valence-electron chi connectivity index (χ1n) is 13.6. The first kappa shape index (κ1) is 33.2. The van der Waals surface area contributed by atoms with Crippen molar-refractivity contribution in [3.05, 3.63) is 60.2 Å². The van der Waals surface area contributed by atoms with Crippen LogP contribution < -0.4 is 15.2 Å². The number of carbonyl (C=O) groups excluding carboxylic acids is 3. The lowest BCUT2D eigenvalue weighted by atomic mass is 10.1. The number of morpholine rings is 1. The summed E-state index contributed by atoms with van der Waals surface area (Å²) in [5, 5.41) is 0. The molecule has 2 aromatic carbocycles. The van der Waals surface area contributed by atoms with Crippen molar-refractivity contribution < 1.29 is 42.8 Å². The summed E-state index contributed by atoms with van der Waals surface area (Å²) in [6.45, 7) is 10.6. The zero-order chi connectivity index (χ0) is 30.3. The fourth-order valence-electron chi connectivity index (χ4n) is 3.69. The van der Waals surface area contributed by atoms with Gasteiger partial charge in [0.05, 0.1) is 19.8 Å². The van der Waals surface area contributed by atoms with Gasteiger partial charge in [0.1, 0.15) is 18.3 Å². The van der Waals surface area contributed by atoms with Crippen LogP contribution in [0.25, 0.3) is 0 Å². The average Bonchev–Trinajstić information content (AvgIpc) is 2.91. The van der Waals surface area contributed by atoms with Gasteiger partial charge in [0.15, 0.2) is 11.5 Å². The van der Waals surface area contributed by atoms with Crippen molar-refractivity contribution in [3.8, 4) is 11.5 Å². The number of amides is 2. The largest absolute Gasteiger partial charge is 0.490 e. The van der Waals surface area contributed by atoms with Crippen LogP contribution in [-0.4, -0.2) is 74.0 Å². The summed E-state index contributed by atoms with van der Waals surface area (Å²) in [7, 11) is 0. The minimum atomic E-state index is -0.976. The van der Waals surface area contributed by atoms with Crippen LogP contribution in [-0.2, 0) is 30.2 Å². The maximum Gasteiger partial charge on any atom is 0.413 e. The number of hydrogen-bond donors (Lipinski definition) is 1. The number of esters is 1. The molecule has 3 rings (SSSR count). The fourth-order valence-corrected chi connectivity index (χ4v) is 3.69. The average molecular weight is 575 g/mol. The Morgan fingerprint density at radius 3 is 2.22 bits per heavy atom. The number of hydrogen-bond acceptors (Lipinski definition) is 9. The van der Waals surface area contributed by atoms with Crippen LogP contribution in [0.2, 0.25) is 0 Å². The molecular weight excluding hydrogens is 532 g/mol. The monoisotopic (exact) mass is 574 g/mol. The van der Waals surface area contributed by atoms with Gasteiger partial charge in [-0.3, -0.25) is 4.79 Å². The maximum absolute atomic E-state index is 12.5. The zero-order valence-electron chi connectivity index (χ0n) is 24.5. The highest BCUT2D eigenvalue weighted by molar-refractivity contribution is 5.71. The highest BCUT2D eigenvalue weighted by Gasteiger charge is 2.28. The molecule has 1 aliphatic heterocycles. The van der Waals surface area contributed by atoms with E-state index < -0.39 is 30.0 Å². The third-order valence-corrected chi connectivity index (χ3v) is 5.40. The summed E-state index contributed by atoms with van der Waals surface area (Å²) in [6.07, 6.45) is -1.79. The van der Waals surface area contributed by atoms with Crippen LogP contribution in [0, 0.1) is 0 Å². The second-order valence-electron chi connectivity index (χ2n) is 10.1. The Labute approximate surface area is 241 Å². The Balaban J connectivity index is 0.000000642. The lowest BCUT2D eigenvalue weighted by molar-refractivity contribution is -0.167. The van der Waals surface area contributed by atoms with Crippen LogP contribution in [0.1, 0.15) is 46.6 Å². The molecule has 1 heterocycles. The quantitative estimate of drug-likeness (QED) is 0.316. The van der Waals surface area contributed by atoms with E-state index in [2.05, 4.69) is 4.74 Å². The third kappa shape index (κ3) is 13.8. The van der Waals surface area contributed by atoms with Gasteiger partial charge in [0, 0.05) is 19.9 Å². The molecule has 2 amide bonds. The van der Waals surface area contributed by atoms with Gasteiger partial charge in [-0.25, -0.2) is 9.59 Å². The SMILES string of the molecule is CC(C)(C)OC(N)=O.CCOc1ccccc1OCC1CN(C(=O)OC(C)OC(=O)CCc2ccccc2)CCO1. The van der Waals surface area contributed by atoms with Gasteiger partial charge in [-0.2, -0.15) is 0 Å². The molecule has 0 aliphatic carbocycles. The molecule has 1 saturated heterocycles. The molecule has 0 bridgehead atoms. The molecule has 0 aromatic heterocycles. The van der Waals surface area contributed by atoms with Gasteiger partial charge >= 0.3 is 18.2 Å². The summed E-state index contributed by atoms with van der Waals surface area (Å²) < 4.78 is 32.2. The van der Waals surface area contributed by atoms with E-state index in [1.54, 1.807) is 20.8 Å². The summed E-state index contributed by atoms with van der Waals surface area (Å²) in [6, 6.07) is 17.1. The summed E-state index contributed by atoms with van der Waals surface area (Å²) in [5.74, 6) is 0.869. The Bertz CT molecular complexity index is 1090. The lowest BCUT2D eigenvalue weighted by Crippen LogP contribution is -2.48. The predicted molar refractivity (Wildman–Crippen MR) is 152 cm³/mol. The van der Waals surface area contributed by atoms with E-state index >= 15 is 0 Å². The van der Waals surface area contributed by atoms with Crippen LogP contribution >= 0.6 is 0 Å². The molecule has 1 fully saturated rings. The number of aryl methyl sites for hydroxylation is 1. The molecule has 0 spiro atoms. The molecule has 0 saturated carbocycles. The van der Waals surface area contributed by atoms with Crippen LogP contribution in [0.3, 0.4) is 0 Å². The van der Waals surface area contributed by atoms with E-state index in [4.69, 9.17) is 29.4 Å². The molecule has 226 valence electrons. The van der Waals surface area contributed by atoms with E-state index in [0.29, 0.717) is 44.2 Å². The molecule has 41 heavy (non-hydrogen) atoms. The van der Waals surface area contributed by atoms with E-state index in [-0.39, 0.29) is 19.1 Å². The predicted octanol–water partition coefficient (Wildman–Crippen LogP) is 4.70. The molecule has 1 aliphatic rings. The number of carbonyl (C=O) groups is 3. The van der Waals surface area contributed by atoms with Gasteiger partial charge in [0.2, 0.25) is 6.29 Å². The van der Waals surface area contributed by atoms with Crippen molar-refractivity contribution in [2.24, 2.45) is 5.73 Å². The molecule has 11 nitrogen and oxygen atoms in total. The highest BCUT2D eigenvalue weighted by atomic mass is 16.7. The summed E-state index contributed by atoms with van der Waals surface area (Å²) in [5.41, 5.74) is 5.31. The van der Waals surface area contributed by atoms with Crippen LogP contribution in [0.5, 0.6) is 11.5 Å². The van der Waals surface area contributed by atoms with Gasteiger partial charge < -0.3 is 39.1 Å². The Morgan fingerprint density at radius 1 is 1.00 bits per heavy atom. The molecule has 2 aromatic rings. The third-order valence-electron chi connectivity index (χ3n) is 5.40. The maximum atomic E-state index is 12.5. The standard InChI is InChI=1S/C25H31NO7.C5H11NO2/c1-3-29-22-11-7-8-12-23(22)31-18-21-17-26(15-16-30-21)25(28)33-19(2)32-24(27)14-13-20-9-5-4-6-10-20;1-5(2,3)8-4(6)7/h4-12,19,21H,3,13-18H2,1-2H3;1-3H3,(H2,6,7). The van der Waals surface area contributed by atoms with Gasteiger partial charge in [0.25, 0.3) is 0 Å². The normalized spacial score (nSPS) is 15.4. The van der Waals surface area contributed by atoms with Gasteiger partial charge in [-0.15, -0.1) is 0 Å². The summed E-state index contributed by atoms with van der Waals surface area (Å²) >= 11 is 0. The first-order chi connectivity index (χ1) is 19.5. The minimum absolute atomic E-state index is 0.214. The number of para-hydroxylation sites is 2. The number of rotatable bonds is 10. The Hall–Kier alpha value is -3.99. The fraction of sp³-hybridized carbons (Fsp3) is 0.500. The number of nitrogens with zero attached hydrogens (tertiary/aromatic N) is 1. The Morgan fingerprint density at radius 2 is 1.63 bits per heavy atom. The Kier molecular flexibility index (Phi) is 13.7. The first-order valence-corrected chi connectivity index (χ1v) is 13.6. The molecule has 2 atom stereocenters. The molecule has 2 unspecified atom stereocenters. The van der Waals surface area contributed by atoms with E-state index in [0.717, 1.165) is 5.56 Å². The van der Waals surface area contributed by atoms with Crippen molar-refractivity contribution in [3.63, 3.8) is 0 Å². The second-order valence-corrected chi connectivity index (χ2v) is 10.1. The molecule has 11 heteroatoms. The number of primary amides is 1. The lowest BCUT2D eigenvalue weighted by Gasteiger charge is -2.32. The van der Waals surface area contributed by atoms with Crippen LogP contribution in [0.4, 0.5) is 9.59 Å². The van der Waals surface area contributed by atoms with Gasteiger partial charge in [-0.1, -0.05) is 42.5 Å². The topological polar surface area (TPSA) is 136 Å². The molecule has 2 N–H and O–H groups in total. The number of ether oxygens (including phenoxy) is 6. The van der Waals surface area contributed by atoms with Crippen molar-refractivity contribution in [2.45, 2.75) is 65.5 Å². The van der Waals surface area contributed by atoms with Crippen molar-refractivity contribution >= 4 is 18.2 Å². The smallest absolute Gasteiger partial charge is 0.413 e. The van der Waals surface area contributed by atoms with Crippen molar-refractivity contribution in [2.75, 3.05) is 32.9 Å². The van der Waals surface area contributed by atoms with Gasteiger partial charge in [-0.05, 0) is 51.8 Å². The van der Waals surface area contributed by atoms with E-state index in [1.165, 1.54) is 11.8 Å². The van der Waals surface area contributed by atoms with Crippen molar-refractivity contribution in [1.82, 2.24) is 4.90 Å². The van der Waals surface area contributed by atoms with Crippen LogP contribution in [0.15, 0.2) is 54.6 Å². The van der Waals surface area contributed by atoms with E-state index in [9.17, 15) is 14.4 Å². The van der Waals surface area contributed by atoms with Crippen molar-refractivity contribution in [1.29, 1.82) is 0 Å². The molecular formula is C30H42N2O9. The minimum Gasteiger partial charge on any atom is -0.490 e. The van der Waals surface area contributed by atoms with E-state index in [1.807, 2.05) is 61.5 Å². The number of benzene rings is 2.